The minimum absolute atomic E-state index is 0.00550. The summed E-state index contributed by atoms with van der Waals surface area (Å²) in [6, 6.07) is 23.4. The van der Waals surface area contributed by atoms with Crippen LogP contribution < -0.4 is 10.6 Å². The van der Waals surface area contributed by atoms with E-state index < -0.39 is 127 Å². The Balaban J connectivity index is 0.910. The average Bonchev–Trinajstić information content (AvgIpc) is 4.08. The van der Waals surface area contributed by atoms with Crippen molar-refractivity contribution in [3.05, 3.63) is 84.4 Å². The van der Waals surface area contributed by atoms with Crippen molar-refractivity contribution in [2.45, 2.75) is 114 Å². The lowest BCUT2D eigenvalue weighted by Gasteiger charge is -2.44. The number of nitrogens with zero attached hydrogens (tertiary/aromatic N) is 3. The SMILES string of the molecule is CCCCCC(=O)OC(COC(=O)CCCCCNC(=O)N1C(=O)CC(C(=O)NCc2ccc(-c3nnc(-c4ccc(-c5ccccc5)cc4)o3)cc2)C1=O)COP(=O)(O)OC1C(O)C(OP(=O)(O)O)C(O)C(OP(=O)(O)O)C1O. The van der Waals surface area contributed by atoms with Gasteiger partial charge in [-0.1, -0.05) is 80.8 Å². The molecule has 436 valence electrons. The predicted molar refractivity (Wildman–Crippen MR) is 272 cm³/mol. The van der Waals surface area contributed by atoms with E-state index in [4.69, 9.17) is 22.9 Å². The Kier molecular flexibility index (Phi) is 22.6. The zero-order valence-corrected chi connectivity index (χ0v) is 45.3. The van der Waals surface area contributed by atoms with Crippen LogP contribution in [0.4, 0.5) is 4.79 Å². The summed E-state index contributed by atoms with van der Waals surface area (Å²) >= 11 is 0. The lowest BCUT2D eigenvalue weighted by Crippen LogP contribution is -2.65. The zero-order chi connectivity index (χ0) is 58.4. The van der Waals surface area contributed by atoms with Gasteiger partial charge in [0, 0.05) is 43.5 Å². The number of phosphoric ester groups is 3. The number of imide groups is 3. The molecule has 4 aromatic rings. The second-order valence-corrected chi connectivity index (χ2v) is 22.1. The quantitative estimate of drug-likeness (QED) is 0.0128. The molecule has 80 heavy (non-hydrogen) atoms. The van der Waals surface area contributed by atoms with Crippen LogP contribution in [0.3, 0.4) is 0 Å². The molecule has 2 fully saturated rings. The molecule has 0 spiro atoms. The number of ether oxygens (including phenoxy) is 2. The molecule has 1 aliphatic heterocycles. The molecule has 32 heteroatoms. The Hall–Kier alpha value is -5.97. The number of aromatic nitrogens is 2. The van der Waals surface area contributed by atoms with Crippen LogP contribution in [0.15, 0.2) is 83.3 Å². The summed E-state index contributed by atoms with van der Waals surface area (Å²) in [5.74, 6) is -5.19. The van der Waals surface area contributed by atoms with Gasteiger partial charge in [-0.25, -0.2) is 18.5 Å². The van der Waals surface area contributed by atoms with Gasteiger partial charge in [0.2, 0.25) is 23.6 Å². The molecule has 0 bridgehead atoms. The number of urea groups is 1. The predicted octanol–water partition coefficient (Wildman–Crippen LogP) is 2.92. The number of phosphoric acid groups is 3. The maximum Gasteiger partial charge on any atom is 0.472 e. The van der Waals surface area contributed by atoms with Gasteiger partial charge in [0.25, 0.3) is 5.91 Å². The lowest BCUT2D eigenvalue weighted by molar-refractivity contribution is -0.213. The van der Waals surface area contributed by atoms with Crippen LogP contribution in [0.5, 0.6) is 0 Å². The zero-order valence-electron chi connectivity index (χ0n) is 42.6. The standard InChI is InChI=1S/C48H60N5O24P3/c1-2-3-6-14-37(56)73-33(27-72-80(69,70)77-43-39(58)41(75-78(63,64)65)38(57)42(40(43)59)76-79(66,67)68)26-71-36(55)13-9-5-10-23-49-48(62)53-35(54)24-34(47(53)61)44(60)50-25-28-15-17-31(18-16-28)45-51-52-46(74-45)32-21-19-30(20-22-32)29-11-7-4-8-12-29/h4,7-8,11-12,15-22,33-34,38-43,57-59H,2-3,5-6,9-10,13-14,23-27H2,1H3,(H,49,62)(H,50,60)(H,69,70)(H2,63,64,65)(H2,66,67,68). The van der Waals surface area contributed by atoms with Gasteiger partial charge in [0.15, 0.2) is 6.10 Å². The molecule has 1 saturated carbocycles. The molecule has 1 aliphatic carbocycles. The third-order valence-corrected chi connectivity index (χ3v) is 14.3. The fourth-order valence-corrected chi connectivity index (χ4v) is 10.3. The first-order valence-electron chi connectivity index (χ1n) is 24.9. The van der Waals surface area contributed by atoms with Gasteiger partial charge in [-0.05, 0) is 60.2 Å². The number of carbonyl (C=O) groups is 6. The van der Waals surface area contributed by atoms with E-state index in [2.05, 4.69) is 29.9 Å². The van der Waals surface area contributed by atoms with Gasteiger partial charge < -0.3 is 64.3 Å². The maximum absolute atomic E-state index is 13.1. The van der Waals surface area contributed by atoms with Gasteiger partial charge in [-0.2, -0.15) is 4.90 Å². The molecular weight excluding hydrogens is 1120 g/mol. The highest BCUT2D eigenvalue weighted by atomic mass is 31.2. The van der Waals surface area contributed by atoms with E-state index in [1.54, 1.807) is 24.3 Å². The third kappa shape index (κ3) is 18.5. The minimum Gasteiger partial charge on any atom is -0.462 e. The molecule has 2 heterocycles. The summed E-state index contributed by atoms with van der Waals surface area (Å²) in [5.41, 5.74) is 4.10. The van der Waals surface area contributed by atoms with E-state index in [0.29, 0.717) is 41.2 Å². The monoisotopic (exact) mass is 1180 g/mol. The summed E-state index contributed by atoms with van der Waals surface area (Å²) in [5, 5.41) is 45.1. The topological polar surface area (TPSA) is 437 Å². The van der Waals surface area contributed by atoms with E-state index in [1.165, 1.54) is 0 Å². The van der Waals surface area contributed by atoms with Gasteiger partial charge in [0.1, 0.15) is 49.1 Å². The Morgan fingerprint density at radius 1 is 0.662 bits per heavy atom. The molecular formula is C48H60N5O24P3. The van der Waals surface area contributed by atoms with Crippen LogP contribution in [0.25, 0.3) is 34.0 Å². The molecule has 6 rings (SSSR count). The number of likely N-dealkylation sites (tertiary alicyclic amines) is 1. The summed E-state index contributed by atoms with van der Waals surface area (Å²) in [4.78, 5) is 125. The molecule has 1 aromatic heterocycles. The first-order valence-corrected chi connectivity index (χ1v) is 29.4. The lowest BCUT2D eigenvalue weighted by atomic mass is 9.85. The van der Waals surface area contributed by atoms with Crippen molar-refractivity contribution in [3.63, 3.8) is 0 Å². The summed E-state index contributed by atoms with van der Waals surface area (Å²) in [6.07, 6.45) is -15.4. The van der Waals surface area contributed by atoms with Crippen LogP contribution >= 0.6 is 23.5 Å². The number of benzene rings is 3. The van der Waals surface area contributed by atoms with Gasteiger partial charge in [-0.15, -0.1) is 10.2 Å². The molecule has 3 aromatic carbocycles. The summed E-state index contributed by atoms with van der Waals surface area (Å²) in [7, 11) is -16.8. The Morgan fingerprint density at radius 2 is 1.19 bits per heavy atom. The molecule has 10 N–H and O–H groups in total. The molecule has 29 nitrogen and oxygen atoms in total. The first kappa shape index (κ1) is 63.2. The highest BCUT2D eigenvalue weighted by Crippen LogP contribution is 2.51. The average molecular weight is 1180 g/mol. The number of esters is 2. The van der Waals surface area contributed by atoms with Crippen LogP contribution in [0, 0.1) is 5.92 Å². The molecule has 2 aliphatic rings. The van der Waals surface area contributed by atoms with Crippen molar-refractivity contribution in [2.24, 2.45) is 5.92 Å². The number of hydrogen-bond acceptors (Lipinski definition) is 21. The van der Waals surface area contributed by atoms with E-state index in [-0.39, 0.29) is 44.7 Å². The smallest absolute Gasteiger partial charge is 0.462 e. The summed E-state index contributed by atoms with van der Waals surface area (Å²) < 4.78 is 70.7. The number of aliphatic hydroxyl groups is 3. The second-order valence-electron chi connectivity index (χ2n) is 18.3. The molecule has 5 amide bonds. The minimum atomic E-state index is -5.61. The van der Waals surface area contributed by atoms with Crippen LogP contribution in [-0.4, -0.2) is 153 Å². The number of amides is 5. The Labute approximate surface area is 456 Å². The third-order valence-electron chi connectivity index (χ3n) is 12.3. The van der Waals surface area contributed by atoms with Gasteiger partial charge >= 0.3 is 41.4 Å². The Bertz CT molecular complexity index is 2880. The van der Waals surface area contributed by atoms with E-state index in [0.717, 1.165) is 23.1 Å². The van der Waals surface area contributed by atoms with Crippen molar-refractivity contribution in [2.75, 3.05) is 19.8 Å². The molecule has 0 radical (unpaired) electrons. The highest BCUT2D eigenvalue weighted by molar-refractivity contribution is 7.47. The maximum atomic E-state index is 13.1. The second kappa shape index (κ2) is 28.6. The highest BCUT2D eigenvalue weighted by Gasteiger charge is 2.56. The van der Waals surface area contributed by atoms with Crippen molar-refractivity contribution in [1.29, 1.82) is 0 Å². The van der Waals surface area contributed by atoms with Crippen LogP contribution in [-0.2, 0) is 71.8 Å². The number of rotatable bonds is 28. The number of unbranched alkanes of at least 4 members (excludes halogenated alkanes) is 4. The Morgan fingerprint density at radius 3 is 1.76 bits per heavy atom. The van der Waals surface area contributed by atoms with E-state index >= 15 is 0 Å². The van der Waals surface area contributed by atoms with Crippen molar-refractivity contribution in [3.8, 4) is 34.0 Å². The number of nitrogens with one attached hydrogen (secondary N) is 2. The van der Waals surface area contributed by atoms with E-state index in [9.17, 15) is 82.2 Å². The van der Waals surface area contributed by atoms with Crippen molar-refractivity contribution >= 4 is 59.2 Å². The normalized spacial score (nSPS) is 21.6. The number of hydrogen-bond donors (Lipinski definition) is 10. The van der Waals surface area contributed by atoms with Gasteiger partial charge in [-0.3, -0.25) is 42.1 Å². The number of carbonyl (C=O) groups excluding carboxylic acids is 6. The largest absolute Gasteiger partial charge is 0.472 e. The van der Waals surface area contributed by atoms with Crippen molar-refractivity contribution < 1.29 is 114 Å². The van der Waals surface area contributed by atoms with Crippen LogP contribution in [0.1, 0.15) is 70.3 Å². The fraction of sp³-hybridized carbons (Fsp3) is 0.458. The molecule has 7 atom stereocenters. The number of aliphatic hydroxyl groups excluding tert-OH is 3. The van der Waals surface area contributed by atoms with Crippen LogP contribution in [0.2, 0.25) is 0 Å². The summed E-state index contributed by atoms with van der Waals surface area (Å²) in [6.45, 7) is -0.0129. The molecule has 7 unspecified atom stereocenters. The first-order chi connectivity index (χ1) is 37.8. The van der Waals surface area contributed by atoms with E-state index in [1.807, 2.05) is 61.5 Å². The molecule has 1 saturated heterocycles. The fourth-order valence-electron chi connectivity index (χ4n) is 8.22. The van der Waals surface area contributed by atoms with Gasteiger partial charge in [0.05, 0.1) is 6.61 Å². The van der Waals surface area contributed by atoms with Crippen molar-refractivity contribution in [1.82, 2.24) is 25.7 Å².